The summed E-state index contributed by atoms with van der Waals surface area (Å²) in [5, 5.41) is 0. The Balaban J connectivity index is 2.53. The molecule has 0 fully saturated rings. The van der Waals surface area contributed by atoms with Crippen LogP contribution in [0.4, 0.5) is 0 Å². The number of aliphatic imine (C=N–C) groups is 2. The molecule has 1 atom stereocenters. The van der Waals surface area contributed by atoms with Crippen molar-refractivity contribution in [3.8, 4) is 0 Å². The quantitative estimate of drug-likeness (QED) is 0.550. The fraction of sp³-hybridized carbons (Fsp3) is 0.778. The maximum absolute atomic E-state index is 4.37. The van der Waals surface area contributed by atoms with E-state index in [1.165, 1.54) is 0 Å². The van der Waals surface area contributed by atoms with Crippen LogP contribution in [0, 0.1) is 5.41 Å². The molecule has 2 heteroatoms. The molecular weight excluding hydrogens is 136 g/mol. The van der Waals surface area contributed by atoms with E-state index in [2.05, 4.69) is 30.8 Å². The van der Waals surface area contributed by atoms with E-state index in [4.69, 9.17) is 0 Å². The molecule has 0 aliphatic carbocycles. The van der Waals surface area contributed by atoms with Crippen molar-refractivity contribution in [2.45, 2.75) is 40.3 Å². The number of nitrogens with zero attached hydrogens (tertiary/aromatic N) is 2. The second kappa shape index (κ2) is 2.76. The van der Waals surface area contributed by atoms with E-state index in [-0.39, 0.29) is 6.17 Å². The Morgan fingerprint density at radius 1 is 1.45 bits per heavy atom. The van der Waals surface area contributed by atoms with E-state index in [0.29, 0.717) is 5.41 Å². The summed E-state index contributed by atoms with van der Waals surface area (Å²) in [6.07, 6.45) is 3.09. The summed E-state index contributed by atoms with van der Waals surface area (Å²) in [6, 6.07) is 0. The first-order valence-corrected chi connectivity index (χ1v) is 4.07. The first-order valence-electron chi connectivity index (χ1n) is 4.07. The van der Waals surface area contributed by atoms with Crippen LogP contribution in [0.2, 0.25) is 0 Å². The molecule has 1 rings (SSSR count). The Labute approximate surface area is 68.4 Å². The van der Waals surface area contributed by atoms with E-state index in [9.17, 15) is 0 Å². The van der Waals surface area contributed by atoms with Gasteiger partial charge in [-0.2, -0.15) is 0 Å². The van der Waals surface area contributed by atoms with Gasteiger partial charge in [0, 0.05) is 6.21 Å². The summed E-state index contributed by atoms with van der Waals surface area (Å²) in [4.78, 5) is 8.54. The van der Waals surface area contributed by atoms with Gasteiger partial charge in [0.1, 0.15) is 6.17 Å². The van der Waals surface area contributed by atoms with E-state index < -0.39 is 0 Å². The predicted molar refractivity (Wildman–Crippen MR) is 49.5 cm³/mol. The molecule has 0 N–H and O–H groups in total. The highest BCUT2D eigenvalue weighted by molar-refractivity contribution is 6.31. The van der Waals surface area contributed by atoms with Crippen molar-refractivity contribution in [2.24, 2.45) is 15.4 Å². The average Bonchev–Trinajstić information content (AvgIpc) is 2.10. The maximum atomic E-state index is 4.37. The molecule has 0 radical (unpaired) electrons. The van der Waals surface area contributed by atoms with Gasteiger partial charge in [-0.15, -0.1) is 0 Å². The second-order valence-electron chi connectivity index (χ2n) is 4.27. The van der Waals surface area contributed by atoms with E-state index in [0.717, 1.165) is 12.1 Å². The van der Waals surface area contributed by atoms with E-state index >= 15 is 0 Å². The van der Waals surface area contributed by atoms with Gasteiger partial charge in [-0.05, 0) is 18.8 Å². The standard InChI is InChI=1S/C9H16N2/c1-7-10-6-8(11-7)5-9(2,3)4/h6-7H,5H2,1-4H3. The molecule has 1 unspecified atom stereocenters. The molecule has 1 aliphatic heterocycles. The molecule has 1 aliphatic rings. The van der Waals surface area contributed by atoms with Crippen LogP contribution in [0.15, 0.2) is 9.98 Å². The van der Waals surface area contributed by atoms with Crippen LogP contribution in [-0.4, -0.2) is 18.1 Å². The number of rotatable bonds is 1. The monoisotopic (exact) mass is 152 g/mol. The van der Waals surface area contributed by atoms with Crippen molar-refractivity contribution in [3.63, 3.8) is 0 Å². The van der Waals surface area contributed by atoms with Gasteiger partial charge in [0.15, 0.2) is 0 Å². The summed E-state index contributed by atoms with van der Waals surface area (Å²) in [5.41, 5.74) is 1.47. The zero-order valence-corrected chi connectivity index (χ0v) is 7.76. The lowest BCUT2D eigenvalue weighted by Gasteiger charge is -2.16. The van der Waals surface area contributed by atoms with Crippen molar-refractivity contribution < 1.29 is 0 Å². The average molecular weight is 152 g/mol. The Kier molecular flexibility index (Phi) is 2.12. The Hall–Kier alpha value is -0.660. The largest absolute Gasteiger partial charge is 0.265 e. The van der Waals surface area contributed by atoms with Gasteiger partial charge < -0.3 is 0 Å². The molecule has 0 aromatic rings. The topological polar surface area (TPSA) is 24.7 Å². The summed E-state index contributed by atoms with van der Waals surface area (Å²) >= 11 is 0. The van der Waals surface area contributed by atoms with Crippen LogP contribution in [-0.2, 0) is 0 Å². The zero-order chi connectivity index (χ0) is 8.48. The zero-order valence-electron chi connectivity index (χ0n) is 7.76. The third-order valence-corrected chi connectivity index (χ3v) is 1.50. The summed E-state index contributed by atoms with van der Waals surface area (Å²) < 4.78 is 0. The van der Waals surface area contributed by atoms with Crippen molar-refractivity contribution in [3.05, 3.63) is 0 Å². The second-order valence-corrected chi connectivity index (χ2v) is 4.27. The minimum Gasteiger partial charge on any atom is -0.265 e. The molecule has 0 amide bonds. The molecule has 0 bridgehead atoms. The van der Waals surface area contributed by atoms with Crippen LogP contribution < -0.4 is 0 Å². The van der Waals surface area contributed by atoms with Gasteiger partial charge in [-0.1, -0.05) is 20.8 Å². The van der Waals surface area contributed by atoms with Crippen molar-refractivity contribution in [1.29, 1.82) is 0 Å². The fourth-order valence-corrected chi connectivity index (χ4v) is 1.14. The van der Waals surface area contributed by atoms with Gasteiger partial charge in [0.05, 0.1) is 5.71 Å². The number of hydrogen-bond acceptors (Lipinski definition) is 2. The van der Waals surface area contributed by atoms with Crippen molar-refractivity contribution >= 4 is 11.9 Å². The lowest BCUT2D eigenvalue weighted by atomic mass is 9.90. The van der Waals surface area contributed by atoms with Crippen LogP contribution in [0.3, 0.4) is 0 Å². The molecule has 0 aromatic carbocycles. The van der Waals surface area contributed by atoms with Gasteiger partial charge in [0.25, 0.3) is 0 Å². The Morgan fingerprint density at radius 3 is 2.45 bits per heavy atom. The molecule has 62 valence electrons. The molecule has 1 heterocycles. The molecule has 0 aromatic heterocycles. The highest BCUT2D eigenvalue weighted by atomic mass is 15.0. The summed E-state index contributed by atoms with van der Waals surface area (Å²) in [7, 11) is 0. The molecular formula is C9H16N2. The molecule has 0 spiro atoms. The highest BCUT2D eigenvalue weighted by Gasteiger charge is 2.16. The third kappa shape index (κ3) is 2.83. The first-order chi connectivity index (χ1) is 4.97. The highest BCUT2D eigenvalue weighted by Crippen LogP contribution is 2.20. The smallest absolute Gasteiger partial charge is 0.137 e. The van der Waals surface area contributed by atoms with Crippen LogP contribution in [0.25, 0.3) is 0 Å². The van der Waals surface area contributed by atoms with Crippen molar-refractivity contribution in [2.75, 3.05) is 0 Å². The van der Waals surface area contributed by atoms with Gasteiger partial charge in [-0.3, -0.25) is 9.98 Å². The molecule has 0 saturated carbocycles. The van der Waals surface area contributed by atoms with Gasteiger partial charge in [0.2, 0.25) is 0 Å². The fourth-order valence-electron chi connectivity index (χ4n) is 1.14. The van der Waals surface area contributed by atoms with E-state index in [1.54, 1.807) is 0 Å². The van der Waals surface area contributed by atoms with Crippen LogP contribution in [0.1, 0.15) is 34.1 Å². The lowest BCUT2D eigenvalue weighted by Crippen LogP contribution is -2.12. The SMILES string of the molecule is CC1N=CC(CC(C)(C)C)=N1. The Morgan fingerprint density at radius 2 is 2.09 bits per heavy atom. The molecule has 0 saturated heterocycles. The summed E-state index contributed by atoms with van der Waals surface area (Å²) in [5.74, 6) is 0. The molecule has 2 nitrogen and oxygen atoms in total. The molecule has 11 heavy (non-hydrogen) atoms. The first kappa shape index (κ1) is 8.44. The third-order valence-electron chi connectivity index (χ3n) is 1.50. The minimum atomic E-state index is 0.160. The lowest BCUT2D eigenvalue weighted by molar-refractivity contribution is 0.435. The van der Waals surface area contributed by atoms with Crippen molar-refractivity contribution in [1.82, 2.24) is 0 Å². The van der Waals surface area contributed by atoms with Crippen LogP contribution in [0.5, 0.6) is 0 Å². The Bertz CT molecular complexity index is 196. The normalized spacial score (nSPS) is 24.0. The number of hydrogen-bond donors (Lipinski definition) is 0. The van der Waals surface area contributed by atoms with Gasteiger partial charge in [-0.25, -0.2) is 0 Å². The van der Waals surface area contributed by atoms with Gasteiger partial charge >= 0.3 is 0 Å². The van der Waals surface area contributed by atoms with Crippen LogP contribution >= 0.6 is 0 Å². The maximum Gasteiger partial charge on any atom is 0.137 e. The minimum absolute atomic E-state index is 0.160. The predicted octanol–water partition coefficient (Wildman–Crippen LogP) is 2.29. The summed E-state index contributed by atoms with van der Waals surface area (Å²) in [6.45, 7) is 8.65. The van der Waals surface area contributed by atoms with E-state index in [1.807, 2.05) is 13.1 Å².